The number of nitrogens with zero attached hydrogens (tertiary/aromatic N) is 4. The van der Waals surface area contributed by atoms with Gasteiger partial charge in [-0.25, -0.2) is 4.39 Å². The summed E-state index contributed by atoms with van der Waals surface area (Å²) in [7, 11) is 4.03. The summed E-state index contributed by atoms with van der Waals surface area (Å²) in [5.41, 5.74) is 3.33. The molecular weight excluding hydrogens is 393 g/mol. The van der Waals surface area contributed by atoms with Crippen molar-refractivity contribution in [2.45, 2.75) is 51.5 Å². The van der Waals surface area contributed by atoms with E-state index in [2.05, 4.69) is 49.3 Å². The van der Waals surface area contributed by atoms with Crippen LogP contribution in [-0.2, 0) is 23.7 Å². The summed E-state index contributed by atoms with van der Waals surface area (Å²) in [6, 6.07) is 6.89. The zero-order chi connectivity index (χ0) is 22.4. The van der Waals surface area contributed by atoms with Crippen LogP contribution in [0.4, 0.5) is 4.39 Å². The van der Waals surface area contributed by atoms with Gasteiger partial charge >= 0.3 is 0 Å². The number of aromatic nitrogens is 2. The molecule has 0 unspecified atom stereocenters. The molecule has 0 radical (unpaired) electrons. The van der Waals surface area contributed by atoms with E-state index < -0.39 is 0 Å². The van der Waals surface area contributed by atoms with Crippen LogP contribution in [0.3, 0.4) is 0 Å². The Bertz CT molecular complexity index is 869. The summed E-state index contributed by atoms with van der Waals surface area (Å²) in [4.78, 5) is 7.20. The fourth-order valence-corrected chi connectivity index (χ4v) is 4.29. The molecule has 0 saturated carbocycles. The molecule has 7 heteroatoms. The number of nitrogens with one attached hydrogen (secondary N) is 1. The molecule has 1 aliphatic heterocycles. The Balaban J connectivity index is 1.83. The van der Waals surface area contributed by atoms with Crippen LogP contribution in [-0.4, -0.2) is 54.0 Å². The molecule has 1 aromatic heterocycles. The molecule has 0 aliphatic carbocycles. The maximum atomic E-state index is 13.5. The second-order valence-electron chi connectivity index (χ2n) is 8.79. The molecule has 0 bridgehead atoms. The van der Waals surface area contributed by atoms with Gasteiger partial charge in [0.2, 0.25) is 0 Å². The van der Waals surface area contributed by atoms with E-state index in [-0.39, 0.29) is 11.2 Å². The van der Waals surface area contributed by atoms with E-state index in [1.807, 2.05) is 23.9 Å². The van der Waals surface area contributed by atoms with E-state index in [1.54, 1.807) is 12.1 Å². The first-order valence-corrected chi connectivity index (χ1v) is 11.2. The molecule has 170 valence electrons. The lowest BCUT2D eigenvalue weighted by atomic mass is 9.74. The first kappa shape index (κ1) is 23.3. The Kier molecular flexibility index (Phi) is 7.70. The van der Waals surface area contributed by atoms with E-state index >= 15 is 0 Å². The second kappa shape index (κ2) is 10.3. The summed E-state index contributed by atoms with van der Waals surface area (Å²) >= 11 is 0. The third-order valence-electron chi connectivity index (χ3n) is 6.03. The lowest BCUT2D eigenvalue weighted by molar-refractivity contribution is 0.0530. The average molecular weight is 430 g/mol. The van der Waals surface area contributed by atoms with Crippen molar-refractivity contribution in [2.75, 3.05) is 33.4 Å². The third-order valence-corrected chi connectivity index (χ3v) is 6.03. The molecule has 1 saturated heterocycles. The van der Waals surface area contributed by atoms with Crippen molar-refractivity contribution in [2.24, 2.45) is 12.0 Å². The number of aliphatic imine (C=N–C) groups is 1. The molecule has 2 heterocycles. The quantitative estimate of drug-likeness (QED) is 0.537. The fourth-order valence-electron chi connectivity index (χ4n) is 4.29. The highest BCUT2D eigenvalue weighted by Gasteiger charge is 2.34. The summed E-state index contributed by atoms with van der Waals surface area (Å²) in [5, 5.41) is 8.06. The molecular formula is C24H36FN5O. The summed E-state index contributed by atoms with van der Waals surface area (Å²) in [6.07, 6.45) is 3.85. The van der Waals surface area contributed by atoms with Crippen LogP contribution >= 0.6 is 0 Å². The van der Waals surface area contributed by atoms with E-state index in [9.17, 15) is 4.39 Å². The summed E-state index contributed by atoms with van der Waals surface area (Å²) in [6.45, 7) is 9.99. The van der Waals surface area contributed by atoms with Crippen LogP contribution in [0.1, 0.15) is 56.4 Å². The number of aryl methyl sites for hydroxylation is 1. The largest absolute Gasteiger partial charge is 0.381 e. The molecule has 1 aromatic carbocycles. The smallest absolute Gasteiger partial charge is 0.193 e. The van der Waals surface area contributed by atoms with Gasteiger partial charge in [-0.2, -0.15) is 5.10 Å². The molecule has 1 aliphatic rings. The molecule has 6 nitrogen and oxygen atoms in total. The Labute approximate surface area is 185 Å². The summed E-state index contributed by atoms with van der Waals surface area (Å²) < 4.78 is 21.0. The number of guanidine groups is 1. The van der Waals surface area contributed by atoms with Crippen LogP contribution in [0.25, 0.3) is 0 Å². The number of benzene rings is 1. The van der Waals surface area contributed by atoms with Crippen molar-refractivity contribution in [1.82, 2.24) is 20.0 Å². The van der Waals surface area contributed by atoms with Crippen molar-refractivity contribution >= 4 is 5.96 Å². The highest BCUT2D eigenvalue weighted by molar-refractivity contribution is 5.79. The Hall–Kier alpha value is -2.41. The molecule has 1 fully saturated rings. The summed E-state index contributed by atoms with van der Waals surface area (Å²) in [5.74, 6) is 1.03. The van der Waals surface area contributed by atoms with Gasteiger partial charge in [-0.05, 0) is 43.4 Å². The number of hydrogen-bond acceptors (Lipinski definition) is 3. The Morgan fingerprint density at radius 3 is 2.58 bits per heavy atom. The minimum absolute atomic E-state index is 0.134. The van der Waals surface area contributed by atoms with E-state index in [1.165, 1.54) is 5.56 Å². The molecule has 3 rings (SSSR count). The SMILES string of the molecule is CCNC(=NCC1(c2ccc(F)cc2)CCOCC1)N(C)Cc1cn(C)nc1C(C)C. The van der Waals surface area contributed by atoms with E-state index in [4.69, 9.17) is 9.73 Å². The fraction of sp³-hybridized carbons (Fsp3) is 0.583. The van der Waals surface area contributed by atoms with Gasteiger partial charge < -0.3 is 15.0 Å². The average Bonchev–Trinajstić information content (AvgIpc) is 3.12. The highest BCUT2D eigenvalue weighted by atomic mass is 19.1. The molecule has 1 N–H and O–H groups in total. The van der Waals surface area contributed by atoms with Crippen molar-refractivity contribution in [3.05, 3.63) is 53.1 Å². The van der Waals surface area contributed by atoms with Crippen LogP contribution in [0, 0.1) is 5.82 Å². The van der Waals surface area contributed by atoms with Gasteiger partial charge in [0.15, 0.2) is 5.96 Å². The Morgan fingerprint density at radius 1 is 1.29 bits per heavy atom. The minimum atomic E-state index is -0.208. The lowest BCUT2D eigenvalue weighted by Gasteiger charge is -2.37. The lowest BCUT2D eigenvalue weighted by Crippen LogP contribution is -2.42. The van der Waals surface area contributed by atoms with Gasteiger partial charge in [0.25, 0.3) is 0 Å². The monoisotopic (exact) mass is 429 g/mol. The van der Waals surface area contributed by atoms with Crippen molar-refractivity contribution in [3.8, 4) is 0 Å². The minimum Gasteiger partial charge on any atom is -0.381 e. The molecule has 2 aromatic rings. The number of rotatable bonds is 7. The number of ether oxygens (including phenoxy) is 1. The van der Waals surface area contributed by atoms with Crippen LogP contribution < -0.4 is 5.32 Å². The van der Waals surface area contributed by atoms with Crippen LogP contribution in [0.15, 0.2) is 35.5 Å². The van der Waals surface area contributed by atoms with Gasteiger partial charge in [0.05, 0.1) is 12.2 Å². The van der Waals surface area contributed by atoms with Gasteiger partial charge in [-0.1, -0.05) is 26.0 Å². The van der Waals surface area contributed by atoms with Crippen LogP contribution in [0.2, 0.25) is 0 Å². The highest BCUT2D eigenvalue weighted by Crippen LogP contribution is 2.35. The first-order chi connectivity index (χ1) is 14.8. The maximum Gasteiger partial charge on any atom is 0.193 e. The van der Waals surface area contributed by atoms with Gasteiger partial charge in [0.1, 0.15) is 5.82 Å². The number of hydrogen-bond donors (Lipinski definition) is 1. The van der Waals surface area contributed by atoms with E-state index in [0.717, 1.165) is 43.1 Å². The normalized spacial score (nSPS) is 16.5. The standard InChI is InChI=1S/C24H36FN5O/c1-6-26-23(29(4)15-19-16-30(5)28-22(19)18(2)3)27-17-24(11-13-31-14-12-24)20-7-9-21(25)10-8-20/h7-10,16,18H,6,11-15,17H2,1-5H3,(H,26,27). The number of halogens is 1. The predicted octanol–water partition coefficient (Wildman–Crippen LogP) is 3.83. The maximum absolute atomic E-state index is 13.5. The van der Waals surface area contributed by atoms with Gasteiger partial charge in [0, 0.05) is 57.6 Å². The molecule has 0 spiro atoms. The van der Waals surface area contributed by atoms with Crippen molar-refractivity contribution < 1.29 is 9.13 Å². The second-order valence-corrected chi connectivity index (χ2v) is 8.79. The third kappa shape index (κ3) is 5.64. The van der Waals surface area contributed by atoms with Gasteiger partial charge in [-0.15, -0.1) is 0 Å². The Morgan fingerprint density at radius 2 is 1.97 bits per heavy atom. The molecule has 31 heavy (non-hydrogen) atoms. The van der Waals surface area contributed by atoms with Crippen LogP contribution in [0.5, 0.6) is 0 Å². The van der Waals surface area contributed by atoms with E-state index in [0.29, 0.717) is 25.7 Å². The van der Waals surface area contributed by atoms with Crippen molar-refractivity contribution in [3.63, 3.8) is 0 Å². The predicted molar refractivity (Wildman–Crippen MR) is 123 cm³/mol. The zero-order valence-corrected chi connectivity index (χ0v) is 19.5. The van der Waals surface area contributed by atoms with Gasteiger partial charge in [-0.3, -0.25) is 9.67 Å². The van der Waals surface area contributed by atoms with Crippen molar-refractivity contribution in [1.29, 1.82) is 0 Å². The topological polar surface area (TPSA) is 54.7 Å². The molecule has 0 amide bonds. The molecule has 0 atom stereocenters. The first-order valence-electron chi connectivity index (χ1n) is 11.2. The zero-order valence-electron chi connectivity index (χ0n) is 19.5.